The molecule has 0 radical (unpaired) electrons. The second-order valence-corrected chi connectivity index (χ2v) is 5.33. The molecule has 0 fully saturated rings. The third-order valence-corrected chi connectivity index (χ3v) is 1.85. The first-order chi connectivity index (χ1) is 4.41. The minimum atomic E-state index is -1.26. The van der Waals surface area contributed by atoms with Crippen LogP contribution in [0.1, 0.15) is 0 Å². The fraction of sp³-hybridized carbons (Fsp3) is 0.600. The van der Waals surface area contributed by atoms with Gasteiger partial charge in [0.1, 0.15) is 6.07 Å². The van der Waals surface area contributed by atoms with E-state index >= 15 is 0 Å². The van der Waals surface area contributed by atoms with Gasteiger partial charge in [-0.25, -0.2) is 0 Å². The van der Waals surface area contributed by atoms with Crippen LogP contribution in [0.25, 0.3) is 0 Å². The van der Waals surface area contributed by atoms with Crippen molar-refractivity contribution in [2.45, 2.75) is 3.23 Å². The van der Waals surface area contributed by atoms with E-state index in [4.69, 9.17) is 5.26 Å². The maximum Gasteiger partial charge on any atom is 0.264 e. The Morgan fingerprint density at radius 1 is 1.60 bits per heavy atom. The van der Waals surface area contributed by atoms with Gasteiger partial charge in [-0.1, -0.05) is 0 Å². The normalized spacial score (nSPS) is 10.3. The van der Waals surface area contributed by atoms with Crippen molar-refractivity contribution in [3.8, 4) is 6.07 Å². The zero-order valence-corrected chi connectivity index (χ0v) is 8.73. The van der Waals surface area contributed by atoms with Crippen molar-refractivity contribution >= 4 is 37.8 Å². The lowest BCUT2D eigenvalue weighted by atomic mass is 10.4. The van der Waals surface area contributed by atoms with E-state index in [0.717, 1.165) is 0 Å². The predicted octanol–water partition coefficient (Wildman–Crippen LogP) is 1.08. The van der Waals surface area contributed by atoms with Gasteiger partial charge in [-0.2, -0.15) is 5.26 Å². The summed E-state index contributed by atoms with van der Waals surface area (Å²) in [4.78, 5) is 12.3. The summed E-state index contributed by atoms with van der Waals surface area (Å²) in [5.74, 6) is -0.324. The Hall–Kier alpha value is -0.0800. The van der Waals surface area contributed by atoms with Gasteiger partial charge in [0, 0.05) is 14.1 Å². The van der Waals surface area contributed by atoms with Crippen LogP contribution in [-0.2, 0) is 4.79 Å². The lowest BCUT2D eigenvalue weighted by molar-refractivity contribution is -0.127. The first-order valence-electron chi connectivity index (χ1n) is 2.42. The highest BCUT2D eigenvalue weighted by atomic mass is 79.9. The van der Waals surface area contributed by atoms with E-state index in [1.165, 1.54) is 4.90 Å². The van der Waals surface area contributed by atoms with Crippen molar-refractivity contribution in [1.82, 2.24) is 4.90 Å². The lowest BCUT2D eigenvalue weighted by Crippen LogP contribution is -2.35. The van der Waals surface area contributed by atoms with Crippen molar-refractivity contribution in [3.63, 3.8) is 0 Å². The lowest BCUT2D eigenvalue weighted by Gasteiger charge is -2.15. The number of carbonyl (C=O) groups excluding carboxylic acids is 1. The maximum atomic E-state index is 11.0. The highest BCUT2D eigenvalue weighted by Crippen LogP contribution is 2.26. The van der Waals surface area contributed by atoms with E-state index in [1.54, 1.807) is 20.2 Å². The Bertz CT molecular complexity index is 183. The highest BCUT2D eigenvalue weighted by Gasteiger charge is 2.33. The van der Waals surface area contributed by atoms with Gasteiger partial charge in [0.2, 0.25) is 3.23 Å². The number of carbonyl (C=O) groups is 1. The summed E-state index contributed by atoms with van der Waals surface area (Å²) in [7, 11) is 3.16. The summed E-state index contributed by atoms with van der Waals surface area (Å²) in [5, 5.41) is 8.42. The third-order valence-electron chi connectivity index (χ3n) is 0.815. The van der Waals surface area contributed by atoms with Crippen LogP contribution >= 0.6 is 31.9 Å². The number of rotatable bonds is 1. The molecule has 0 bridgehead atoms. The molecule has 0 aromatic heterocycles. The van der Waals surface area contributed by atoms with E-state index in [1.807, 2.05) is 0 Å². The van der Waals surface area contributed by atoms with E-state index in [9.17, 15) is 4.79 Å². The van der Waals surface area contributed by atoms with Gasteiger partial charge < -0.3 is 4.90 Å². The number of alkyl halides is 2. The van der Waals surface area contributed by atoms with Crippen LogP contribution < -0.4 is 0 Å². The largest absolute Gasteiger partial charge is 0.346 e. The van der Waals surface area contributed by atoms with Gasteiger partial charge in [0.25, 0.3) is 5.91 Å². The minimum Gasteiger partial charge on any atom is -0.346 e. The second-order valence-electron chi connectivity index (χ2n) is 1.89. The van der Waals surface area contributed by atoms with Crippen molar-refractivity contribution in [2.75, 3.05) is 14.1 Å². The summed E-state index contributed by atoms with van der Waals surface area (Å²) in [6, 6.07) is 1.76. The van der Waals surface area contributed by atoms with Gasteiger partial charge in [-0.05, 0) is 31.9 Å². The topological polar surface area (TPSA) is 44.1 Å². The first-order valence-corrected chi connectivity index (χ1v) is 4.01. The summed E-state index contributed by atoms with van der Waals surface area (Å²) in [5.41, 5.74) is 0. The SMILES string of the molecule is CN(C)C(=O)C(Br)(Br)C#N. The van der Waals surface area contributed by atoms with Crippen molar-refractivity contribution < 1.29 is 4.79 Å². The van der Waals surface area contributed by atoms with Crippen molar-refractivity contribution in [2.24, 2.45) is 0 Å². The molecule has 0 heterocycles. The zero-order chi connectivity index (χ0) is 8.36. The average Bonchev–Trinajstić information content (AvgIpc) is 1.86. The van der Waals surface area contributed by atoms with E-state index < -0.39 is 3.23 Å². The van der Waals surface area contributed by atoms with E-state index in [0.29, 0.717) is 0 Å². The molecule has 3 nitrogen and oxygen atoms in total. The van der Waals surface area contributed by atoms with Gasteiger partial charge in [-0.3, -0.25) is 4.79 Å². The van der Waals surface area contributed by atoms with Crippen molar-refractivity contribution in [3.05, 3.63) is 0 Å². The quantitative estimate of drug-likeness (QED) is 0.669. The smallest absolute Gasteiger partial charge is 0.264 e. The molecule has 5 heteroatoms. The van der Waals surface area contributed by atoms with Crippen molar-refractivity contribution in [1.29, 1.82) is 5.26 Å². The second kappa shape index (κ2) is 3.35. The molecular weight excluding hydrogens is 264 g/mol. The number of hydrogen-bond donors (Lipinski definition) is 0. The van der Waals surface area contributed by atoms with Crippen LogP contribution in [0, 0.1) is 11.3 Å². The number of nitriles is 1. The van der Waals surface area contributed by atoms with Crippen LogP contribution in [0.3, 0.4) is 0 Å². The highest BCUT2D eigenvalue weighted by molar-refractivity contribution is 9.26. The maximum absolute atomic E-state index is 11.0. The molecule has 0 atom stereocenters. The molecule has 0 N–H and O–H groups in total. The Balaban J connectivity index is 4.38. The van der Waals surface area contributed by atoms with Gasteiger partial charge in [0.05, 0.1) is 0 Å². The standard InChI is InChI=1S/C5H6Br2N2O/c1-9(2)4(10)5(6,7)3-8/h1-2H3. The van der Waals surface area contributed by atoms with Gasteiger partial charge in [-0.15, -0.1) is 0 Å². The fourth-order valence-electron chi connectivity index (χ4n) is 0.329. The van der Waals surface area contributed by atoms with Crippen LogP contribution in [-0.4, -0.2) is 28.1 Å². The summed E-state index contributed by atoms with van der Waals surface area (Å²) in [6.45, 7) is 0. The Kier molecular flexibility index (Phi) is 3.33. The molecule has 0 rings (SSSR count). The molecular formula is C5H6Br2N2O. The summed E-state index contributed by atoms with van der Waals surface area (Å²) >= 11 is 5.82. The first kappa shape index (κ1) is 9.92. The van der Waals surface area contributed by atoms with Gasteiger partial charge in [0.15, 0.2) is 0 Å². The molecule has 1 amide bonds. The molecule has 0 saturated heterocycles. The Labute approximate surface area is 76.2 Å². The molecule has 0 aliphatic carbocycles. The molecule has 0 spiro atoms. The molecule has 0 aliphatic rings. The Morgan fingerprint density at radius 2 is 2.00 bits per heavy atom. The molecule has 10 heavy (non-hydrogen) atoms. The van der Waals surface area contributed by atoms with E-state index in [2.05, 4.69) is 31.9 Å². The minimum absolute atomic E-state index is 0.324. The van der Waals surface area contributed by atoms with Gasteiger partial charge >= 0.3 is 0 Å². The average molecular weight is 270 g/mol. The fourth-order valence-corrected chi connectivity index (χ4v) is 1.04. The number of hydrogen-bond acceptors (Lipinski definition) is 2. The predicted molar refractivity (Wildman–Crippen MR) is 44.9 cm³/mol. The molecule has 0 aliphatic heterocycles. The molecule has 0 unspecified atom stereocenters. The molecule has 56 valence electrons. The molecule has 0 aromatic rings. The van der Waals surface area contributed by atoms with Crippen LogP contribution in [0.15, 0.2) is 0 Å². The third kappa shape index (κ3) is 2.27. The summed E-state index contributed by atoms with van der Waals surface area (Å²) in [6.07, 6.45) is 0. The monoisotopic (exact) mass is 268 g/mol. The number of amides is 1. The van der Waals surface area contributed by atoms with E-state index in [-0.39, 0.29) is 5.91 Å². The zero-order valence-electron chi connectivity index (χ0n) is 5.56. The molecule has 0 saturated carbocycles. The number of halogens is 2. The number of nitrogens with zero attached hydrogens (tertiary/aromatic N) is 2. The molecule has 0 aromatic carbocycles. The Morgan fingerprint density at radius 3 is 2.10 bits per heavy atom. The van der Waals surface area contributed by atoms with Crippen LogP contribution in [0.2, 0.25) is 0 Å². The summed E-state index contributed by atoms with van der Waals surface area (Å²) < 4.78 is -1.26. The van der Waals surface area contributed by atoms with Crippen LogP contribution in [0.4, 0.5) is 0 Å². The van der Waals surface area contributed by atoms with Crippen LogP contribution in [0.5, 0.6) is 0 Å².